The summed E-state index contributed by atoms with van der Waals surface area (Å²) in [4.78, 5) is 0. The van der Waals surface area contributed by atoms with Crippen molar-refractivity contribution in [2.24, 2.45) is 11.8 Å². The van der Waals surface area contributed by atoms with Gasteiger partial charge in [0.15, 0.2) is 0 Å². The summed E-state index contributed by atoms with van der Waals surface area (Å²) in [6, 6.07) is 0. The molecule has 0 saturated heterocycles. The van der Waals surface area contributed by atoms with Crippen molar-refractivity contribution in [3.63, 3.8) is 0 Å². The molecule has 0 aromatic rings. The van der Waals surface area contributed by atoms with Gasteiger partial charge in [-0.3, -0.25) is 0 Å². The fourth-order valence-corrected chi connectivity index (χ4v) is 2.23. The molecule has 10 heavy (non-hydrogen) atoms. The van der Waals surface area contributed by atoms with Crippen molar-refractivity contribution in [2.45, 2.75) is 19.3 Å². The Morgan fingerprint density at radius 3 is 2.50 bits per heavy atom. The smallest absolute Gasteiger partial charge is 0.0988 e. The lowest BCUT2D eigenvalue weighted by Crippen LogP contribution is -2.00. The minimum Gasteiger partial charge on any atom is -0.512 e. The van der Waals surface area contributed by atoms with E-state index in [2.05, 4.69) is 6.58 Å². The van der Waals surface area contributed by atoms with Crippen molar-refractivity contribution in [2.75, 3.05) is 0 Å². The van der Waals surface area contributed by atoms with Gasteiger partial charge in [0, 0.05) is 5.92 Å². The van der Waals surface area contributed by atoms with Crippen LogP contribution in [0.1, 0.15) is 19.3 Å². The Hall–Kier alpha value is -0.720. The second kappa shape index (κ2) is 1.88. The third kappa shape index (κ3) is 0.578. The first-order valence-corrected chi connectivity index (χ1v) is 3.88. The molecule has 2 rings (SSSR count). The van der Waals surface area contributed by atoms with Crippen LogP contribution >= 0.6 is 0 Å². The standard InChI is InChI=1S/C9H12O/c1-2-8-6-3-4-7(5-6)9(8)10/h2,6-7,10H,1,3-5H2/t6-,7+/m1/s1. The zero-order valence-electron chi connectivity index (χ0n) is 6.01. The maximum absolute atomic E-state index is 9.49. The van der Waals surface area contributed by atoms with Crippen LogP contribution < -0.4 is 0 Å². The number of hydrogen-bond acceptors (Lipinski definition) is 1. The molecule has 1 heteroatoms. The van der Waals surface area contributed by atoms with Crippen LogP contribution in [0.5, 0.6) is 0 Å². The molecule has 1 fully saturated rings. The van der Waals surface area contributed by atoms with E-state index in [-0.39, 0.29) is 0 Å². The van der Waals surface area contributed by atoms with E-state index < -0.39 is 0 Å². The first kappa shape index (κ1) is 6.02. The highest BCUT2D eigenvalue weighted by atomic mass is 16.3. The van der Waals surface area contributed by atoms with E-state index in [1.54, 1.807) is 0 Å². The molecule has 1 nitrogen and oxygen atoms in total. The van der Waals surface area contributed by atoms with Crippen LogP contribution in [0.2, 0.25) is 0 Å². The van der Waals surface area contributed by atoms with Gasteiger partial charge in [-0.25, -0.2) is 0 Å². The Morgan fingerprint density at radius 1 is 1.40 bits per heavy atom. The highest BCUT2D eigenvalue weighted by Gasteiger charge is 2.37. The normalized spacial score (nSPS) is 37.2. The minimum absolute atomic E-state index is 0.484. The molecule has 1 saturated carbocycles. The van der Waals surface area contributed by atoms with E-state index in [9.17, 15) is 5.11 Å². The summed E-state index contributed by atoms with van der Waals surface area (Å²) in [6.07, 6.45) is 5.44. The molecule has 2 aliphatic carbocycles. The van der Waals surface area contributed by atoms with Crippen LogP contribution in [0.3, 0.4) is 0 Å². The van der Waals surface area contributed by atoms with Gasteiger partial charge in [-0.15, -0.1) is 0 Å². The fraction of sp³-hybridized carbons (Fsp3) is 0.556. The maximum Gasteiger partial charge on any atom is 0.0988 e. The second-order valence-electron chi connectivity index (χ2n) is 3.25. The highest BCUT2D eigenvalue weighted by Crippen LogP contribution is 2.47. The predicted molar refractivity (Wildman–Crippen MR) is 40.7 cm³/mol. The number of aliphatic hydroxyl groups excluding tert-OH is 1. The van der Waals surface area contributed by atoms with E-state index in [1.807, 2.05) is 6.08 Å². The highest BCUT2D eigenvalue weighted by molar-refractivity contribution is 5.31. The van der Waals surface area contributed by atoms with Gasteiger partial charge in [0.2, 0.25) is 0 Å². The molecule has 2 aliphatic rings. The average molecular weight is 136 g/mol. The van der Waals surface area contributed by atoms with Crippen LogP contribution in [-0.4, -0.2) is 5.11 Å². The van der Waals surface area contributed by atoms with Crippen molar-refractivity contribution >= 4 is 0 Å². The molecule has 1 N–H and O–H groups in total. The Labute approximate surface area is 61.1 Å². The summed E-state index contributed by atoms with van der Waals surface area (Å²) in [7, 11) is 0. The number of rotatable bonds is 1. The van der Waals surface area contributed by atoms with Gasteiger partial charge in [0.25, 0.3) is 0 Å². The van der Waals surface area contributed by atoms with E-state index >= 15 is 0 Å². The maximum atomic E-state index is 9.49. The molecule has 0 aromatic heterocycles. The van der Waals surface area contributed by atoms with E-state index in [0.29, 0.717) is 17.6 Å². The van der Waals surface area contributed by atoms with Crippen molar-refractivity contribution in [1.82, 2.24) is 0 Å². The second-order valence-corrected chi connectivity index (χ2v) is 3.25. The summed E-state index contributed by atoms with van der Waals surface area (Å²) < 4.78 is 0. The van der Waals surface area contributed by atoms with Crippen LogP contribution in [0.15, 0.2) is 24.0 Å². The molecule has 0 spiro atoms. The van der Waals surface area contributed by atoms with Crippen molar-refractivity contribution < 1.29 is 5.11 Å². The predicted octanol–water partition coefficient (Wildman–Crippen LogP) is 2.41. The van der Waals surface area contributed by atoms with Crippen molar-refractivity contribution in [3.8, 4) is 0 Å². The fourth-order valence-electron chi connectivity index (χ4n) is 2.23. The van der Waals surface area contributed by atoms with Gasteiger partial charge in [0.1, 0.15) is 0 Å². The van der Waals surface area contributed by atoms with E-state index in [1.165, 1.54) is 19.3 Å². The Balaban J connectivity index is 2.37. The SMILES string of the molecule is C=CC1=C(O)[C@H]2CC[C@@H]1C2. The lowest BCUT2D eigenvalue weighted by Gasteiger charge is -2.11. The van der Waals surface area contributed by atoms with Gasteiger partial charge in [-0.2, -0.15) is 0 Å². The largest absolute Gasteiger partial charge is 0.512 e. The third-order valence-corrected chi connectivity index (χ3v) is 2.77. The monoisotopic (exact) mass is 136 g/mol. The van der Waals surface area contributed by atoms with Gasteiger partial charge in [-0.1, -0.05) is 12.7 Å². The van der Waals surface area contributed by atoms with Gasteiger partial charge >= 0.3 is 0 Å². The van der Waals surface area contributed by atoms with Crippen LogP contribution in [0, 0.1) is 11.8 Å². The third-order valence-electron chi connectivity index (χ3n) is 2.77. The summed E-state index contributed by atoms with van der Waals surface area (Å²) in [5, 5.41) is 9.49. The summed E-state index contributed by atoms with van der Waals surface area (Å²) in [5.74, 6) is 1.76. The van der Waals surface area contributed by atoms with Gasteiger partial charge < -0.3 is 5.11 Å². The summed E-state index contributed by atoms with van der Waals surface area (Å²) in [5.41, 5.74) is 1.12. The van der Waals surface area contributed by atoms with E-state index in [0.717, 1.165) is 5.57 Å². The van der Waals surface area contributed by atoms with Crippen molar-refractivity contribution in [1.29, 1.82) is 0 Å². The number of aliphatic hydroxyl groups is 1. The molecule has 0 aliphatic heterocycles. The Kier molecular flexibility index (Phi) is 1.13. The zero-order valence-corrected chi connectivity index (χ0v) is 6.01. The lowest BCUT2D eigenvalue weighted by molar-refractivity contribution is 0.335. The first-order chi connectivity index (χ1) is 4.83. The molecule has 0 aromatic carbocycles. The van der Waals surface area contributed by atoms with Crippen LogP contribution in [0.4, 0.5) is 0 Å². The minimum atomic E-state index is 0.484. The molecule has 54 valence electrons. The molecule has 0 unspecified atom stereocenters. The number of allylic oxidation sites excluding steroid dienone is 3. The molecular weight excluding hydrogens is 124 g/mol. The Morgan fingerprint density at radius 2 is 2.10 bits per heavy atom. The molecule has 0 radical (unpaired) electrons. The van der Waals surface area contributed by atoms with Gasteiger partial charge in [-0.05, 0) is 30.8 Å². The lowest BCUT2D eigenvalue weighted by atomic mass is 9.97. The molecule has 2 bridgehead atoms. The summed E-state index contributed by atoms with van der Waals surface area (Å²) in [6.45, 7) is 3.69. The quantitative estimate of drug-likeness (QED) is 0.587. The molecule has 2 atom stereocenters. The summed E-state index contributed by atoms with van der Waals surface area (Å²) >= 11 is 0. The van der Waals surface area contributed by atoms with Gasteiger partial charge in [0.05, 0.1) is 5.76 Å². The molecular formula is C9H12O. The van der Waals surface area contributed by atoms with Crippen LogP contribution in [0.25, 0.3) is 0 Å². The Bertz CT molecular complexity index is 203. The molecule has 0 amide bonds. The zero-order chi connectivity index (χ0) is 7.14. The molecule has 0 heterocycles. The number of hydrogen-bond donors (Lipinski definition) is 1. The topological polar surface area (TPSA) is 20.2 Å². The van der Waals surface area contributed by atoms with Crippen molar-refractivity contribution in [3.05, 3.63) is 24.0 Å². The average Bonchev–Trinajstić information content (AvgIpc) is 2.46. The first-order valence-electron chi connectivity index (χ1n) is 3.88. The van der Waals surface area contributed by atoms with Crippen LogP contribution in [-0.2, 0) is 0 Å². The van der Waals surface area contributed by atoms with E-state index in [4.69, 9.17) is 0 Å². The number of fused-ring (bicyclic) bond motifs is 2.